The summed E-state index contributed by atoms with van der Waals surface area (Å²) in [4.78, 5) is 0. The van der Waals surface area contributed by atoms with Gasteiger partial charge in [-0.2, -0.15) is 0 Å². The number of halogens is 1. The summed E-state index contributed by atoms with van der Waals surface area (Å²) in [5.74, 6) is 1.89. The Bertz CT molecular complexity index is 1030. The Kier molecular flexibility index (Phi) is 1.89. The smallest absolute Gasteiger partial charge is 0.137 e. The first-order valence-corrected chi connectivity index (χ1v) is 7.36. The number of ether oxygens (including phenoxy) is 1. The highest BCUT2D eigenvalue weighted by Gasteiger charge is 2.19. The summed E-state index contributed by atoms with van der Waals surface area (Å²) in [7, 11) is 0. The molecule has 0 radical (unpaired) electrons. The average Bonchev–Trinajstić information content (AvgIpc) is 2.46. The normalized spacial score (nSPS) is 12.7. The van der Waals surface area contributed by atoms with Gasteiger partial charge in [0.2, 0.25) is 0 Å². The average molecular weight is 321 g/mol. The van der Waals surface area contributed by atoms with Crippen molar-refractivity contribution in [1.82, 2.24) is 0 Å². The van der Waals surface area contributed by atoms with E-state index in [1.807, 2.05) is 12.1 Å². The largest absolute Gasteiger partial charge is 0.456 e. The van der Waals surface area contributed by atoms with Crippen molar-refractivity contribution >= 4 is 48.2 Å². The van der Waals surface area contributed by atoms with Crippen LogP contribution in [0.25, 0.3) is 32.3 Å². The third kappa shape index (κ3) is 1.22. The first kappa shape index (κ1) is 10.7. The van der Waals surface area contributed by atoms with E-state index in [-0.39, 0.29) is 0 Å². The fraction of sp³-hybridized carbons (Fsp3) is 0. The van der Waals surface area contributed by atoms with E-state index in [0.717, 1.165) is 16.0 Å². The fourth-order valence-corrected chi connectivity index (χ4v) is 3.69. The topological polar surface area (TPSA) is 9.23 Å². The van der Waals surface area contributed by atoms with E-state index in [2.05, 4.69) is 58.4 Å². The second-order valence-electron chi connectivity index (χ2n) is 5.19. The molecule has 1 aliphatic heterocycles. The van der Waals surface area contributed by atoms with Gasteiger partial charge in [-0.1, -0.05) is 52.3 Å². The molecule has 5 rings (SSSR count). The van der Waals surface area contributed by atoms with Crippen LogP contribution in [0.1, 0.15) is 0 Å². The summed E-state index contributed by atoms with van der Waals surface area (Å²) in [5, 5.41) is 7.47. The van der Waals surface area contributed by atoms with Crippen molar-refractivity contribution < 1.29 is 4.74 Å². The molecular formula is C18H9BrO. The van der Waals surface area contributed by atoms with Crippen molar-refractivity contribution in [2.75, 3.05) is 0 Å². The van der Waals surface area contributed by atoms with Gasteiger partial charge in [-0.3, -0.25) is 0 Å². The fourth-order valence-electron chi connectivity index (χ4n) is 3.23. The van der Waals surface area contributed by atoms with Gasteiger partial charge >= 0.3 is 0 Å². The minimum atomic E-state index is 0.936. The molecule has 4 aromatic carbocycles. The van der Waals surface area contributed by atoms with E-state index in [9.17, 15) is 0 Å². The van der Waals surface area contributed by atoms with Crippen LogP contribution in [0.4, 0.5) is 0 Å². The highest BCUT2D eigenvalue weighted by Crippen LogP contribution is 2.47. The molecule has 0 atom stereocenters. The number of hydrogen-bond donors (Lipinski definition) is 0. The van der Waals surface area contributed by atoms with Gasteiger partial charge in [-0.25, -0.2) is 0 Å². The highest BCUT2D eigenvalue weighted by molar-refractivity contribution is 9.10. The number of benzene rings is 4. The van der Waals surface area contributed by atoms with Crippen molar-refractivity contribution in [2.24, 2.45) is 0 Å². The lowest BCUT2D eigenvalue weighted by atomic mass is 9.94. The van der Waals surface area contributed by atoms with Crippen LogP contribution in [-0.4, -0.2) is 0 Å². The quantitative estimate of drug-likeness (QED) is 0.317. The summed E-state index contributed by atoms with van der Waals surface area (Å²) in [6.07, 6.45) is 0. The van der Waals surface area contributed by atoms with Crippen LogP contribution in [0.5, 0.6) is 11.5 Å². The molecule has 1 nitrogen and oxygen atoms in total. The van der Waals surface area contributed by atoms with Crippen molar-refractivity contribution in [3.63, 3.8) is 0 Å². The van der Waals surface area contributed by atoms with Crippen molar-refractivity contribution in [1.29, 1.82) is 0 Å². The second kappa shape index (κ2) is 3.53. The third-order valence-electron chi connectivity index (χ3n) is 4.05. The first-order chi connectivity index (χ1) is 9.81. The Morgan fingerprint density at radius 1 is 0.650 bits per heavy atom. The predicted octanol–water partition coefficient (Wildman–Crippen LogP) is 6.01. The monoisotopic (exact) mass is 320 g/mol. The van der Waals surface area contributed by atoms with Gasteiger partial charge in [-0.15, -0.1) is 0 Å². The standard InChI is InChI=1S/C18H9BrO/c19-13-8-12-7-6-11-5-4-10-2-1-3-14-16(10)18(11)17(12)15(9-13)20-14/h1-9H. The van der Waals surface area contributed by atoms with Crippen LogP contribution in [-0.2, 0) is 0 Å². The zero-order chi connectivity index (χ0) is 13.3. The van der Waals surface area contributed by atoms with E-state index in [1.54, 1.807) is 0 Å². The molecule has 0 aliphatic carbocycles. The molecule has 20 heavy (non-hydrogen) atoms. The van der Waals surface area contributed by atoms with Gasteiger partial charge in [0, 0.05) is 20.6 Å². The SMILES string of the molecule is Brc1cc2c3c(ccc4ccc5cccc(c5c43)O2)c1. The molecule has 0 unspecified atom stereocenters. The Labute approximate surface area is 123 Å². The van der Waals surface area contributed by atoms with Gasteiger partial charge in [0.05, 0.1) is 0 Å². The van der Waals surface area contributed by atoms with Gasteiger partial charge in [0.25, 0.3) is 0 Å². The molecule has 2 heteroatoms. The molecule has 94 valence electrons. The van der Waals surface area contributed by atoms with E-state index in [4.69, 9.17) is 4.74 Å². The lowest BCUT2D eigenvalue weighted by Crippen LogP contribution is -1.95. The lowest BCUT2D eigenvalue weighted by molar-refractivity contribution is 0.492. The highest BCUT2D eigenvalue weighted by atomic mass is 79.9. The molecule has 0 aromatic heterocycles. The van der Waals surface area contributed by atoms with Crippen LogP contribution in [0, 0.1) is 0 Å². The zero-order valence-electron chi connectivity index (χ0n) is 10.5. The van der Waals surface area contributed by atoms with Crippen molar-refractivity contribution in [3.8, 4) is 11.5 Å². The molecule has 1 heterocycles. The number of rotatable bonds is 0. The molecule has 0 bridgehead atoms. The number of hydrogen-bond acceptors (Lipinski definition) is 1. The molecule has 0 amide bonds. The molecule has 4 aromatic rings. The minimum Gasteiger partial charge on any atom is -0.456 e. The lowest BCUT2D eigenvalue weighted by Gasteiger charge is -2.20. The maximum atomic E-state index is 6.14. The third-order valence-corrected chi connectivity index (χ3v) is 4.51. The van der Waals surface area contributed by atoms with Crippen molar-refractivity contribution in [3.05, 3.63) is 59.1 Å². The molecule has 0 saturated heterocycles. The molecule has 0 N–H and O–H groups in total. The second-order valence-corrected chi connectivity index (χ2v) is 6.10. The van der Waals surface area contributed by atoms with Crippen LogP contribution in [0.3, 0.4) is 0 Å². The van der Waals surface area contributed by atoms with Crippen LogP contribution < -0.4 is 4.74 Å². The Balaban J connectivity index is 2.22. The van der Waals surface area contributed by atoms with Gasteiger partial charge < -0.3 is 4.74 Å². The zero-order valence-corrected chi connectivity index (χ0v) is 12.1. The summed E-state index contributed by atoms with van der Waals surface area (Å²) in [6, 6.07) is 19.1. The van der Waals surface area contributed by atoms with Crippen molar-refractivity contribution in [2.45, 2.75) is 0 Å². The first-order valence-electron chi connectivity index (χ1n) is 6.57. The van der Waals surface area contributed by atoms with Crippen LogP contribution in [0.2, 0.25) is 0 Å². The minimum absolute atomic E-state index is 0.936. The maximum Gasteiger partial charge on any atom is 0.137 e. The maximum absolute atomic E-state index is 6.14. The molecule has 0 spiro atoms. The Hall–Kier alpha value is -2.06. The van der Waals surface area contributed by atoms with E-state index < -0.39 is 0 Å². The summed E-state index contributed by atoms with van der Waals surface area (Å²) in [6.45, 7) is 0. The van der Waals surface area contributed by atoms with Crippen LogP contribution in [0.15, 0.2) is 59.1 Å². The summed E-state index contributed by atoms with van der Waals surface area (Å²) in [5.41, 5.74) is 0. The van der Waals surface area contributed by atoms with Gasteiger partial charge in [0.15, 0.2) is 0 Å². The van der Waals surface area contributed by atoms with Gasteiger partial charge in [-0.05, 0) is 34.4 Å². The predicted molar refractivity (Wildman–Crippen MR) is 86.7 cm³/mol. The van der Waals surface area contributed by atoms with E-state index in [1.165, 1.54) is 32.3 Å². The Morgan fingerprint density at radius 3 is 2.20 bits per heavy atom. The summed E-state index contributed by atoms with van der Waals surface area (Å²) < 4.78 is 7.18. The van der Waals surface area contributed by atoms with Gasteiger partial charge in [0.1, 0.15) is 11.5 Å². The van der Waals surface area contributed by atoms with E-state index >= 15 is 0 Å². The molecular weight excluding hydrogens is 312 g/mol. The Morgan fingerprint density at radius 2 is 1.35 bits per heavy atom. The molecule has 1 aliphatic rings. The van der Waals surface area contributed by atoms with E-state index in [0.29, 0.717) is 0 Å². The summed E-state index contributed by atoms with van der Waals surface area (Å²) >= 11 is 3.57. The molecule has 0 saturated carbocycles. The molecule has 0 fully saturated rings. The van der Waals surface area contributed by atoms with Crippen LogP contribution >= 0.6 is 15.9 Å².